The van der Waals surface area contributed by atoms with Crippen molar-refractivity contribution < 1.29 is 18.3 Å². The third kappa shape index (κ3) is 2.88. The van der Waals surface area contributed by atoms with Crippen LogP contribution >= 0.6 is 0 Å². The average Bonchev–Trinajstić information content (AvgIpc) is 1.82. The molecule has 66 valence electrons. The van der Waals surface area contributed by atoms with E-state index >= 15 is 0 Å². The fraction of sp³-hybridized carbons (Fsp3) is 0.833. The van der Waals surface area contributed by atoms with Crippen molar-refractivity contribution in [2.75, 3.05) is 6.26 Å². The Hall–Kier alpha value is -0.580. The van der Waals surface area contributed by atoms with Crippen LogP contribution in [0.5, 0.6) is 0 Å². The van der Waals surface area contributed by atoms with Gasteiger partial charge in [-0.15, -0.1) is 0 Å². The van der Waals surface area contributed by atoms with Crippen LogP contribution in [0.25, 0.3) is 0 Å². The van der Waals surface area contributed by atoms with Crippen LogP contribution in [0.1, 0.15) is 13.8 Å². The highest BCUT2D eigenvalue weighted by atomic mass is 32.2. The van der Waals surface area contributed by atoms with E-state index < -0.39 is 27.0 Å². The van der Waals surface area contributed by atoms with Crippen molar-refractivity contribution in [3.8, 4) is 0 Å². The monoisotopic (exact) mass is 180 g/mol. The Balaban J connectivity index is 4.51. The third-order valence-corrected chi connectivity index (χ3v) is 3.53. The molecule has 1 N–H and O–H groups in total. The van der Waals surface area contributed by atoms with Gasteiger partial charge in [0.25, 0.3) is 0 Å². The molecule has 0 fully saturated rings. The number of carbonyl (C=O) groups is 1. The van der Waals surface area contributed by atoms with Crippen LogP contribution in [0.4, 0.5) is 0 Å². The highest BCUT2D eigenvalue weighted by Crippen LogP contribution is 2.10. The summed E-state index contributed by atoms with van der Waals surface area (Å²) in [6.07, 6.45) is 1.04. The SMILES string of the molecule is CC(C(=O)O)C(C)S(C)(=O)=O. The second-order valence-electron chi connectivity index (χ2n) is 2.66. The van der Waals surface area contributed by atoms with Crippen molar-refractivity contribution in [3.63, 3.8) is 0 Å². The van der Waals surface area contributed by atoms with Crippen LogP contribution in [-0.4, -0.2) is 31.0 Å². The molecule has 4 nitrogen and oxygen atoms in total. The number of sulfone groups is 1. The summed E-state index contributed by atoms with van der Waals surface area (Å²) in [4.78, 5) is 10.3. The highest BCUT2D eigenvalue weighted by Gasteiger charge is 2.27. The smallest absolute Gasteiger partial charge is 0.307 e. The van der Waals surface area contributed by atoms with Gasteiger partial charge < -0.3 is 5.11 Å². The molecule has 0 aliphatic rings. The molecule has 2 atom stereocenters. The predicted molar refractivity (Wildman–Crippen MR) is 41.1 cm³/mol. The lowest BCUT2D eigenvalue weighted by molar-refractivity contribution is -0.141. The van der Waals surface area contributed by atoms with Crippen LogP contribution in [0.15, 0.2) is 0 Å². The molecular formula is C6H12O4S. The average molecular weight is 180 g/mol. The fourth-order valence-electron chi connectivity index (χ4n) is 0.572. The molecule has 0 aromatic carbocycles. The van der Waals surface area contributed by atoms with Gasteiger partial charge in [-0.1, -0.05) is 6.92 Å². The standard InChI is InChI=1S/C6H12O4S/c1-4(6(7)8)5(2)11(3,9)10/h4-5H,1-3H3,(H,7,8). The lowest BCUT2D eigenvalue weighted by atomic mass is 10.1. The molecule has 0 radical (unpaired) electrons. The van der Waals surface area contributed by atoms with Gasteiger partial charge >= 0.3 is 5.97 Å². The Morgan fingerprint density at radius 3 is 1.82 bits per heavy atom. The van der Waals surface area contributed by atoms with Crippen LogP contribution in [-0.2, 0) is 14.6 Å². The van der Waals surface area contributed by atoms with Crippen LogP contribution in [0.3, 0.4) is 0 Å². The maximum atomic E-state index is 10.8. The molecule has 0 aliphatic carbocycles. The van der Waals surface area contributed by atoms with Crippen molar-refractivity contribution in [2.24, 2.45) is 5.92 Å². The zero-order valence-corrected chi connectivity index (χ0v) is 7.55. The van der Waals surface area contributed by atoms with E-state index in [1.165, 1.54) is 13.8 Å². The van der Waals surface area contributed by atoms with E-state index in [1.54, 1.807) is 0 Å². The maximum absolute atomic E-state index is 10.8. The molecule has 0 amide bonds. The van der Waals surface area contributed by atoms with Crippen molar-refractivity contribution in [1.82, 2.24) is 0 Å². The van der Waals surface area contributed by atoms with E-state index in [2.05, 4.69) is 0 Å². The summed E-state index contributed by atoms with van der Waals surface area (Å²) in [5.74, 6) is -1.92. The Kier molecular flexibility index (Phi) is 3.04. The quantitative estimate of drug-likeness (QED) is 0.670. The van der Waals surface area contributed by atoms with Gasteiger partial charge in [0.1, 0.15) is 0 Å². The number of carboxylic acids is 1. The summed E-state index contributed by atoms with van der Waals surface area (Å²) < 4.78 is 21.6. The molecule has 0 rings (SSSR count). The van der Waals surface area contributed by atoms with Gasteiger partial charge in [-0.3, -0.25) is 4.79 Å². The topological polar surface area (TPSA) is 71.4 Å². The molecule has 0 aliphatic heterocycles. The van der Waals surface area contributed by atoms with E-state index in [-0.39, 0.29) is 0 Å². The summed E-state index contributed by atoms with van der Waals surface area (Å²) >= 11 is 0. The number of hydrogen-bond donors (Lipinski definition) is 1. The van der Waals surface area contributed by atoms with Crippen molar-refractivity contribution in [2.45, 2.75) is 19.1 Å². The van der Waals surface area contributed by atoms with Crippen molar-refractivity contribution >= 4 is 15.8 Å². The minimum Gasteiger partial charge on any atom is -0.481 e. The minimum absolute atomic E-state index is 0.819. The molecule has 5 heteroatoms. The molecule has 0 heterocycles. The van der Waals surface area contributed by atoms with E-state index in [1.807, 2.05) is 0 Å². The summed E-state index contributed by atoms with van der Waals surface area (Å²) in [6, 6.07) is 0. The minimum atomic E-state index is -3.23. The van der Waals surface area contributed by atoms with Gasteiger partial charge in [0.15, 0.2) is 9.84 Å². The van der Waals surface area contributed by atoms with Crippen molar-refractivity contribution in [1.29, 1.82) is 0 Å². The van der Waals surface area contributed by atoms with Gasteiger partial charge in [0, 0.05) is 6.26 Å². The first-order chi connectivity index (χ1) is 4.76. The van der Waals surface area contributed by atoms with E-state index in [4.69, 9.17) is 5.11 Å². The van der Waals surface area contributed by atoms with Crippen LogP contribution in [0.2, 0.25) is 0 Å². The van der Waals surface area contributed by atoms with Gasteiger partial charge in [-0.2, -0.15) is 0 Å². The van der Waals surface area contributed by atoms with E-state index in [0.29, 0.717) is 0 Å². The summed E-state index contributed by atoms with van der Waals surface area (Å²) in [5.41, 5.74) is 0. The second-order valence-corrected chi connectivity index (χ2v) is 5.06. The highest BCUT2D eigenvalue weighted by molar-refractivity contribution is 7.91. The summed E-state index contributed by atoms with van der Waals surface area (Å²) in [6.45, 7) is 2.78. The Morgan fingerprint density at radius 1 is 1.36 bits per heavy atom. The van der Waals surface area contributed by atoms with Crippen LogP contribution in [0, 0.1) is 5.92 Å². The fourth-order valence-corrected chi connectivity index (χ4v) is 1.43. The Labute approximate surface area is 66.1 Å². The number of rotatable bonds is 3. The first kappa shape index (κ1) is 10.4. The van der Waals surface area contributed by atoms with E-state index in [9.17, 15) is 13.2 Å². The van der Waals surface area contributed by atoms with Gasteiger partial charge in [0.2, 0.25) is 0 Å². The first-order valence-electron chi connectivity index (χ1n) is 3.18. The molecule has 0 bridgehead atoms. The predicted octanol–water partition coefficient (Wildman–Crippen LogP) is 0.140. The molecule has 0 saturated heterocycles. The lowest BCUT2D eigenvalue weighted by Crippen LogP contribution is -2.29. The molecule has 0 spiro atoms. The largest absolute Gasteiger partial charge is 0.481 e. The van der Waals surface area contributed by atoms with Gasteiger partial charge in [0.05, 0.1) is 11.2 Å². The molecule has 0 aromatic rings. The maximum Gasteiger partial charge on any atom is 0.307 e. The van der Waals surface area contributed by atoms with Gasteiger partial charge in [-0.05, 0) is 6.92 Å². The number of hydrogen-bond acceptors (Lipinski definition) is 3. The van der Waals surface area contributed by atoms with Crippen molar-refractivity contribution in [3.05, 3.63) is 0 Å². The number of aliphatic carboxylic acids is 1. The lowest BCUT2D eigenvalue weighted by Gasteiger charge is -2.12. The first-order valence-corrected chi connectivity index (χ1v) is 5.14. The molecule has 0 aromatic heterocycles. The van der Waals surface area contributed by atoms with E-state index in [0.717, 1.165) is 6.26 Å². The van der Waals surface area contributed by atoms with Gasteiger partial charge in [-0.25, -0.2) is 8.42 Å². The summed E-state index contributed by atoms with van der Waals surface area (Å²) in [5, 5.41) is 7.63. The Morgan fingerprint density at radius 2 is 1.73 bits per heavy atom. The van der Waals surface area contributed by atoms with Crippen LogP contribution < -0.4 is 0 Å². The normalized spacial score (nSPS) is 17.4. The molecular weight excluding hydrogens is 168 g/mol. The molecule has 0 saturated carbocycles. The summed E-state index contributed by atoms with van der Waals surface area (Å²) in [7, 11) is -3.23. The molecule has 11 heavy (non-hydrogen) atoms. The zero-order chi connectivity index (χ0) is 9.23. The second kappa shape index (κ2) is 3.21. The zero-order valence-electron chi connectivity index (χ0n) is 6.73. The Bertz CT molecular complexity index is 241. The number of carboxylic acid groups (broad SMARTS) is 1. The third-order valence-electron chi connectivity index (χ3n) is 1.77. The molecule has 2 unspecified atom stereocenters.